The molecule has 0 aliphatic heterocycles. The van der Waals surface area contributed by atoms with Crippen LogP contribution in [0.2, 0.25) is 0 Å². The molecule has 0 radical (unpaired) electrons. The second kappa shape index (κ2) is 4.38. The average Bonchev–Trinajstić information content (AvgIpc) is 2.10. The largest absolute Gasteiger partial charge is 0.388 e. The van der Waals surface area contributed by atoms with Gasteiger partial charge in [-0.15, -0.1) is 0 Å². The quantitative estimate of drug-likeness (QED) is 0.762. The zero-order chi connectivity index (χ0) is 9.84. The smallest absolute Gasteiger partial charge is 0.126 e. The van der Waals surface area contributed by atoms with E-state index in [1.165, 1.54) is 6.07 Å². The first-order valence-corrected chi connectivity index (χ1v) is 4.60. The van der Waals surface area contributed by atoms with Crippen molar-refractivity contribution >= 4 is 0 Å². The van der Waals surface area contributed by atoms with Gasteiger partial charge in [-0.25, -0.2) is 4.39 Å². The van der Waals surface area contributed by atoms with Crippen LogP contribution in [0.4, 0.5) is 4.39 Å². The van der Waals surface area contributed by atoms with Crippen LogP contribution in [0.5, 0.6) is 0 Å². The number of rotatable bonds is 3. The summed E-state index contributed by atoms with van der Waals surface area (Å²) in [5.41, 5.74) is 1.27. The van der Waals surface area contributed by atoms with Gasteiger partial charge < -0.3 is 5.11 Å². The van der Waals surface area contributed by atoms with Crippen LogP contribution in [0.1, 0.15) is 37.0 Å². The highest BCUT2D eigenvalue weighted by Crippen LogP contribution is 2.23. The predicted octanol–water partition coefficient (Wildman–Crippen LogP) is 2.97. The van der Waals surface area contributed by atoms with Gasteiger partial charge in [-0.05, 0) is 30.5 Å². The van der Waals surface area contributed by atoms with Crippen LogP contribution in [0.25, 0.3) is 0 Å². The highest BCUT2D eigenvalue weighted by Gasteiger charge is 2.11. The lowest BCUT2D eigenvalue weighted by Gasteiger charge is -2.12. The van der Waals surface area contributed by atoms with Crippen molar-refractivity contribution in [3.8, 4) is 0 Å². The van der Waals surface area contributed by atoms with Gasteiger partial charge in [0.05, 0.1) is 6.10 Å². The third kappa shape index (κ3) is 2.28. The molecule has 0 aliphatic carbocycles. The van der Waals surface area contributed by atoms with Gasteiger partial charge in [-0.3, -0.25) is 0 Å². The Balaban J connectivity index is 2.93. The first kappa shape index (κ1) is 10.2. The lowest BCUT2D eigenvalue weighted by molar-refractivity contribution is 0.165. The van der Waals surface area contributed by atoms with E-state index in [1.807, 2.05) is 6.92 Å². The van der Waals surface area contributed by atoms with Gasteiger partial charge >= 0.3 is 0 Å². The fraction of sp³-hybridized carbons (Fsp3) is 0.455. The third-order valence-corrected chi connectivity index (χ3v) is 2.23. The predicted molar refractivity (Wildman–Crippen MR) is 51.0 cm³/mol. The topological polar surface area (TPSA) is 20.2 Å². The molecule has 1 aromatic carbocycles. The van der Waals surface area contributed by atoms with E-state index in [2.05, 4.69) is 0 Å². The van der Waals surface area contributed by atoms with Crippen LogP contribution in [0.3, 0.4) is 0 Å². The number of halogens is 1. The minimum absolute atomic E-state index is 0.243. The molecule has 1 N–H and O–H groups in total. The summed E-state index contributed by atoms with van der Waals surface area (Å²) in [5.74, 6) is -0.243. The first-order chi connectivity index (χ1) is 6.16. The molecule has 1 nitrogen and oxygen atoms in total. The zero-order valence-electron chi connectivity index (χ0n) is 8.05. The fourth-order valence-electron chi connectivity index (χ4n) is 1.41. The van der Waals surface area contributed by atoms with Crippen molar-refractivity contribution in [2.75, 3.05) is 0 Å². The van der Waals surface area contributed by atoms with E-state index in [-0.39, 0.29) is 5.82 Å². The van der Waals surface area contributed by atoms with Crippen molar-refractivity contribution in [1.29, 1.82) is 0 Å². The van der Waals surface area contributed by atoms with Crippen molar-refractivity contribution in [3.05, 3.63) is 35.1 Å². The van der Waals surface area contributed by atoms with Crippen LogP contribution in [-0.4, -0.2) is 5.11 Å². The lowest BCUT2D eigenvalue weighted by Crippen LogP contribution is -2.00. The molecule has 0 saturated carbocycles. The molecule has 1 atom stereocenters. The monoisotopic (exact) mass is 182 g/mol. The van der Waals surface area contributed by atoms with Crippen molar-refractivity contribution in [3.63, 3.8) is 0 Å². The molecule has 2 heteroatoms. The Bertz CT molecular complexity index is 283. The van der Waals surface area contributed by atoms with Gasteiger partial charge in [0, 0.05) is 0 Å². The lowest BCUT2D eigenvalue weighted by atomic mass is 10.00. The maximum atomic E-state index is 13.1. The van der Waals surface area contributed by atoms with Gasteiger partial charge in [0.15, 0.2) is 0 Å². The van der Waals surface area contributed by atoms with E-state index in [4.69, 9.17) is 0 Å². The summed E-state index contributed by atoms with van der Waals surface area (Å²) < 4.78 is 13.1. The van der Waals surface area contributed by atoms with Crippen molar-refractivity contribution in [2.45, 2.75) is 32.8 Å². The van der Waals surface area contributed by atoms with Gasteiger partial charge in [0.25, 0.3) is 0 Å². The number of hydrogen-bond donors (Lipinski definition) is 1. The maximum Gasteiger partial charge on any atom is 0.126 e. The molecule has 0 spiro atoms. The highest BCUT2D eigenvalue weighted by molar-refractivity contribution is 5.29. The average molecular weight is 182 g/mol. The highest BCUT2D eigenvalue weighted by atomic mass is 19.1. The summed E-state index contributed by atoms with van der Waals surface area (Å²) in [5, 5.41) is 9.66. The summed E-state index contributed by atoms with van der Waals surface area (Å²) >= 11 is 0. The van der Waals surface area contributed by atoms with Gasteiger partial charge in [-0.2, -0.15) is 0 Å². The Morgan fingerprint density at radius 1 is 1.46 bits per heavy atom. The van der Waals surface area contributed by atoms with Gasteiger partial charge in [0.2, 0.25) is 0 Å². The summed E-state index contributed by atoms with van der Waals surface area (Å²) in [4.78, 5) is 0. The van der Waals surface area contributed by atoms with Crippen LogP contribution in [0.15, 0.2) is 18.2 Å². The fourth-order valence-corrected chi connectivity index (χ4v) is 1.41. The number of aliphatic hydroxyl groups is 1. The van der Waals surface area contributed by atoms with Crippen LogP contribution < -0.4 is 0 Å². The molecule has 1 rings (SSSR count). The molecule has 13 heavy (non-hydrogen) atoms. The minimum Gasteiger partial charge on any atom is -0.388 e. The van der Waals surface area contributed by atoms with Gasteiger partial charge in [-0.1, -0.05) is 25.5 Å². The molecular formula is C11H15FO. The van der Waals surface area contributed by atoms with Crippen LogP contribution in [0, 0.1) is 12.7 Å². The maximum absolute atomic E-state index is 13.1. The normalized spacial score (nSPS) is 12.9. The van der Waals surface area contributed by atoms with Crippen molar-refractivity contribution in [1.82, 2.24) is 0 Å². The Kier molecular flexibility index (Phi) is 3.43. The van der Waals surface area contributed by atoms with E-state index in [0.717, 1.165) is 6.42 Å². The number of hydrogen-bond acceptors (Lipinski definition) is 1. The molecule has 0 aromatic heterocycles. The summed E-state index contributed by atoms with van der Waals surface area (Å²) in [7, 11) is 0. The van der Waals surface area contributed by atoms with E-state index in [9.17, 15) is 9.50 Å². The molecule has 0 saturated heterocycles. The molecule has 0 amide bonds. The SMILES string of the molecule is CCC[C@@H](O)c1cccc(F)c1C. The summed E-state index contributed by atoms with van der Waals surface area (Å²) in [6.07, 6.45) is 1.06. The molecule has 72 valence electrons. The number of aliphatic hydroxyl groups excluding tert-OH is 1. The molecule has 0 aliphatic rings. The summed E-state index contributed by atoms with van der Waals surface area (Å²) in [6.45, 7) is 3.70. The second-order valence-corrected chi connectivity index (χ2v) is 3.26. The molecule has 0 unspecified atom stereocenters. The first-order valence-electron chi connectivity index (χ1n) is 4.60. The molecular weight excluding hydrogens is 167 g/mol. The Morgan fingerprint density at radius 3 is 2.77 bits per heavy atom. The van der Waals surface area contributed by atoms with E-state index in [0.29, 0.717) is 17.5 Å². The third-order valence-electron chi connectivity index (χ3n) is 2.23. The van der Waals surface area contributed by atoms with E-state index < -0.39 is 6.10 Å². The van der Waals surface area contributed by atoms with Crippen LogP contribution >= 0.6 is 0 Å². The second-order valence-electron chi connectivity index (χ2n) is 3.26. The number of benzene rings is 1. The molecule has 0 bridgehead atoms. The van der Waals surface area contributed by atoms with Crippen molar-refractivity contribution in [2.24, 2.45) is 0 Å². The van der Waals surface area contributed by atoms with Crippen LogP contribution in [-0.2, 0) is 0 Å². The zero-order valence-corrected chi connectivity index (χ0v) is 8.05. The standard InChI is InChI=1S/C11H15FO/c1-3-5-11(13)9-6-4-7-10(12)8(9)2/h4,6-7,11,13H,3,5H2,1-2H3/t11-/m1/s1. The Hall–Kier alpha value is -0.890. The molecule has 1 aromatic rings. The Morgan fingerprint density at radius 2 is 2.15 bits per heavy atom. The molecule has 0 heterocycles. The summed E-state index contributed by atoms with van der Waals surface area (Å²) in [6, 6.07) is 4.83. The van der Waals surface area contributed by atoms with Gasteiger partial charge in [0.1, 0.15) is 5.82 Å². The van der Waals surface area contributed by atoms with E-state index >= 15 is 0 Å². The Labute approximate surface area is 78.2 Å². The van der Waals surface area contributed by atoms with Crippen molar-refractivity contribution < 1.29 is 9.50 Å². The molecule has 0 fully saturated rings. The van der Waals surface area contributed by atoms with E-state index in [1.54, 1.807) is 19.1 Å². The minimum atomic E-state index is -0.527.